The fourth-order valence-electron chi connectivity index (χ4n) is 1.76. The standard InChI is InChI=1S/C13H12BrF2NS/c14-13-4-3-11(18-13)7-10(17)5-8-1-2-9(15)6-12(8)16/h1-4,6,10H,5,7,17H2. The Morgan fingerprint density at radius 3 is 2.56 bits per heavy atom. The van der Waals surface area contributed by atoms with Crippen LogP contribution in [0.3, 0.4) is 0 Å². The van der Waals surface area contributed by atoms with E-state index in [2.05, 4.69) is 15.9 Å². The van der Waals surface area contributed by atoms with Crippen molar-refractivity contribution in [2.75, 3.05) is 0 Å². The number of rotatable bonds is 4. The second-order valence-electron chi connectivity index (χ2n) is 4.11. The van der Waals surface area contributed by atoms with E-state index in [-0.39, 0.29) is 6.04 Å². The minimum atomic E-state index is -0.563. The van der Waals surface area contributed by atoms with Gasteiger partial charge < -0.3 is 5.73 Å². The van der Waals surface area contributed by atoms with Gasteiger partial charge in [0.05, 0.1) is 3.79 Å². The lowest BCUT2D eigenvalue weighted by Crippen LogP contribution is -2.25. The van der Waals surface area contributed by atoms with Gasteiger partial charge in [0.15, 0.2) is 0 Å². The van der Waals surface area contributed by atoms with E-state index in [9.17, 15) is 8.78 Å². The number of hydrogen-bond acceptors (Lipinski definition) is 2. The summed E-state index contributed by atoms with van der Waals surface area (Å²) in [5, 5.41) is 0. The van der Waals surface area contributed by atoms with Gasteiger partial charge in [-0.2, -0.15) is 0 Å². The number of thiophene rings is 1. The molecule has 0 saturated heterocycles. The fourth-order valence-corrected chi connectivity index (χ4v) is 3.34. The Kier molecular flexibility index (Phi) is 4.48. The molecule has 96 valence electrons. The molecule has 0 bridgehead atoms. The molecular formula is C13H12BrF2NS. The van der Waals surface area contributed by atoms with Gasteiger partial charge in [-0.15, -0.1) is 11.3 Å². The highest BCUT2D eigenvalue weighted by Crippen LogP contribution is 2.23. The van der Waals surface area contributed by atoms with Crippen molar-refractivity contribution in [2.45, 2.75) is 18.9 Å². The lowest BCUT2D eigenvalue weighted by Gasteiger charge is -2.11. The predicted octanol–water partition coefficient (Wildman–Crippen LogP) is 3.90. The Balaban J connectivity index is 2.00. The van der Waals surface area contributed by atoms with Crippen LogP contribution in [-0.2, 0) is 12.8 Å². The molecule has 18 heavy (non-hydrogen) atoms. The molecule has 0 fully saturated rings. The van der Waals surface area contributed by atoms with E-state index < -0.39 is 11.6 Å². The van der Waals surface area contributed by atoms with Gasteiger partial charge in [0, 0.05) is 17.0 Å². The second-order valence-corrected chi connectivity index (χ2v) is 6.66. The molecule has 2 rings (SSSR count). The maximum absolute atomic E-state index is 13.5. The summed E-state index contributed by atoms with van der Waals surface area (Å²) < 4.78 is 27.3. The maximum atomic E-state index is 13.5. The van der Waals surface area contributed by atoms with Crippen molar-refractivity contribution in [1.82, 2.24) is 0 Å². The van der Waals surface area contributed by atoms with Gasteiger partial charge in [-0.25, -0.2) is 8.78 Å². The lowest BCUT2D eigenvalue weighted by molar-refractivity contribution is 0.559. The Bertz CT molecular complexity index is 542. The molecule has 5 heteroatoms. The van der Waals surface area contributed by atoms with E-state index in [1.807, 2.05) is 12.1 Å². The van der Waals surface area contributed by atoms with Crippen LogP contribution in [0, 0.1) is 11.6 Å². The molecule has 1 unspecified atom stereocenters. The van der Waals surface area contributed by atoms with Crippen LogP contribution >= 0.6 is 27.3 Å². The first kappa shape index (κ1) is 13.6. The molecule has 1 aromatic heterocycles. The van der Waals surface area contributed by atoms with Gasteiger partial charge in [0.25, 0.3) is 0 Å². The van der Waals surface area contributed by atoms with Crippen molar-refractivity contribution in [3.63, 3.8) is 0 Å². The van der Waals surface area contributed by atoms with Crippen molar-refractivity contribution in [1.29, 1.82) is 0 Å². The van der Waals surface area contributed by atoms with Gasteiger partial charge in [-0.05, 0) is 52.5 Å². The van der Waals surface area contributed by atoms with Crippen LogP contribution in [0.5, 0.6) is 0 Å². The Morgan fingerprint density at radius 1 is 1.17 bits per heavy atom. The highest BCUT2D eigenvalue weighted by molar-refractivity contribution is 9.11. The summed E-state index contributed by atoms with van der Waals surface area (Å²) in [5.41, 5.74) is 6.44. The van der Waals surface area contributed by atoms with Crippen molar-refractivity contribution >= 4 is 27.3 Å². The average molecular weight is 332 g/mol. The monoisotopic (exact) mass is 331 g/mol. The number of halogens is 3. The number of benzene rings is 1. The summed E-state index contributed by atoms with van der Waals surface area (Å²) in [4.78, 5) is 1.15. The van der Waals surface area contributed by atoms with Gasteiger partial charge in [-0.1, -0.05) is 6.07 Å². The zero-order valence-corrected chi connectivity index (χ0v) is 11.9. The average Bonchev–Trinajstić information content (AvgIpc) is 2.68. The summed E-state index contributed by atoms with van der Waals surface area (Å²) in [7, 11) is 0. The molecule has 2 aromatic rings. The van der Waals surface area contributed by atoms with Gasteiger partial charge in [0.2, 0.25) is 0 Å². The van der Waals surface area contributed by atoms with Crippen LogP contribution in [0.2, 0.25) is 0 Å². The Labute approximate surface area is 117 Å². The van der Waals surface area contributed by atoms with Crippen molar-refractivity contribution in [3.05, 3.63) is 56.2 Å². The molecule has 0 spiro atoms. The summed E-state index contributed by atoms with van der Waals surface area (Å²) in [6.07, 6.45) is 1.09. The van der Waals surface area contributed by atoms with Crippen LogP contribution < -0.4 is 5.73 Å². The van der Waals surface area contributed by atoms with Crippen molar-refractivity contribution < 1.29 is 8.78 Å². The highest BCUT2D eigenvalue weighted by Gasteiger charge is 2.11. The molecule has 0 radical (unpaired) electrons. The fraction of sp³-hybridized carbons (Fsp3) is 0.231. The summed E-state index contributed by atoms with van der Waals surface area (Å²) in [6, 6.07) is 7.39. The Hall–Kier alpha value is -0.780. The first-order chi connectivity index (χ1) is 8.54. The quantitative estimate of drug-likeness (QED) is 0.903. The van der Waals surface area contributed by atoms with Crippen LogP contribution in [0.4, 0.5) is 8.78 Å². The number of nitrogens with two attached hydrogens (primary N) is 1. The first-order valence-electron chi connectivity index (χ1n) is 5.48. The lowest BCUT2D eigenvalue weighted by atomic mass is 10.0. The van der Waals surface area contributed by atoms with E-state index >= 15 is 0 Å². The second kappa shape index (κ2) is 5.91. The molecular weight excluding hydrogens is 320 g/mol. The van der Waals surface area contributed by atoms with Crippen molar-refractivity contribution in [3.8, 4) is 0 Å². The minimum absolute atomic E-state index is 0.171. The van der Waals surface area contributed by atoms with Crippen LogP contribution in [0.15, 0.2) is 34.1 Å². The largest absolute Gasteiger partial charge is 0.327 e. The smallest absolute Gasteiger partial charge is 0.129 e. The SMILES string of the molecule is NC(Cc1ccc(Br)s1)Cc1ccc(F)cc1F. The third-order valence-corrected chi connectivity index (χ3v) is 4.24. The Morgan fingerprint density at radius 2 is 1.94 bits per heavy atom. The van der Waals surface area contributed by atoms with Gasteiger partial charge in [0.1, 0.15) is 11.6 Å². The van der Waals surface area contributed by atoms with Crippen LogP contribution in [0.1, 0.15) is 10.4 Å². The molecule has 0 aliphatic carbocycles. The summed E-state index contributed by atoms with van der Waals surface area (Å²) in [6.45, 7) is 0. The highest BCUT2D eigenvalue weighted by atomic mass is 79.9. The molecule has 1 aromatic carbocycles. The third-order valence-electron chi connectivity index (χ3n) is 2.59. The van der Waals surface area contributed by atoms with Gasteiger partial charge >= 0.3 is 0 Å². The summed E-state index contributed by atoms with van der Waals surface area (Å²) >= 11 is 5.00. The molecule has 1 heterocycles. The van der Waals surface area contributed by atoms with Gasteiger partial charge in [-0.3, -0.25) is 0 Å². The maximum Gasteiger partial charge on any atom is 0.129 e. The van der Waals surface area contributed by atoms with E-state index in [4.69, 9.17) is 5.73 Å². The first-order valence-corrected chi connectivity index (χ1v) is 7.09. The molecule has 0 amide bonds. The minimum Gasteiger partial charge on any atom is -0.327 e. The normalized spacial score (nSPS) is 12.7. The number of hydrogen-bond donors (Lipinski definition) is 1. The molecule has 0 aliphatic rings. The van der Waals surface area contributed by atoms with Crippen LogP contribution in [-0.4, -0.2) is 6.04 Å². The van der Waals surface area contributed by atoms with E-state index in [0.29, 0.717) is 18.4 Å². The molecule has 0 saturated carbocycles. The molecule has 2 N–H and O–H groups in total. The zero-order chi connectivity index (χ0) is 13.1. The zero-order valence-electron chi connectivity index (χ0n) is 9.50. The third kappa shape index (κ3) is 3.60. The summed E-state index contributed by atoms with van der Waals surface area (Å²) in [5.74, 6) is -1.09. The van der Waals surface area contributed by atoms with E-state index in [1.54, 1.807) is 11.3 Å². The van der Waals surface area contributed by atoms with E-state index in [0.717, 1.165) is 14.7 Å². The van der Waals surface area contributed by atoms with E-state index in [1.165, 1.54) is 12.1 Å². The van der Waals surface area contributed by atoms with Crippen molar-refractivity contribution in [2.24, 2.45) is 5.73 Å². The molecule has 0 aliphatic heterocycles. The topological polar surface area (TPSA) is 26.0 Å². The molecule has 1 atom stereocenters. The van der Waals surface area contributed by atoms with Crippen LogP contribution in [0.25, 0.3) is 0 Å². The predicted molar refractivity (Wildman–Crippen MR) is 73.8 cm³/mol. The molecule has 1 nitrogen and oxygen atoms in total.